The summed E-state index contributed by atoms with van der Waals surface area (Å²) in [6.45, 7) is 3.18. The number of hydrogen-bond acceptors (Lipinski definition) is 6. The highest BCUT2D eigenvalue weighted by Crippen LogP contribution is 2.31. The number of hydrogen-bond donors (Lipinski definition) is 1. The van der Waals surface area contributed by atoms with Crippen LogP contribution in [0.15, 0.2) is 21.7 Å². The molecule has 0 unspecified atom stereocenters. The Balaban J connectivity index is 1.40. The van der Waals surface area contributed by atoms with Crippen molar-refractivity contribution in [3.8, 4) is 0 Å². The second kappa shape index (κ2) is 9.12. The number of amides is 1. The smallest absolute Gasteiger partial charge is 0.289 e. The summed E-state index contributed by atoms with van der Waals surface area (Å²) in [5.41, 5.74) is 1.24. The molecule has 2 aromatic rings. The van der Waals surface area contributed by atoms with Crippen LogP contribution in [0.25, 0.3) is 0 Å². The fourth-order valence-electron chi connectivity index (χ4n) is 4.58. The summed E-state index contributed by atoms with van der Waals surface area (Å²) < 4.78 is 34.6. The van der Waals surface area contributed by atoms with E-state index in [-0.39, 0.29) is 22.5 Å². The average molecular weight is 450 g/mol. The van der Waals surface area contributed by atoms with E-state index in [1.165, 1.54) is 29.8 Å². The van der Waals surface area contributed by atoms with Gasteiger partial charge in [-0.15, -0.1) is 0 Å². The van der Waals surface area contributed by atoms with Gasteiger partial charge in [0.05, 0.1) is 17.6 Å². The van der Waals surface area contributed by atoms with E-state index in [0.29, 0.717) is 36.9 Å². The molecule has 1 aliphatic heterocycles. The van der Waals surface area contributed by atoms with Gasteiger partial charge in [0.1, 0.15) is 4.90 Å². The first kappa shape index (κ1) is 22.0. The molecular weight excluding hydrogens is 418 g/mol. The van der Waals surface area contributed by atoms with E-state index >= 15 is 0 Å². The van der Waals surface area contributed by atoms with Crippen LogP contribution in [-0.2, 0) is 17.1 Å². The van der Waals surface area contributed by atoms with E-state index in [0.717, 1.165) is 25.7 Å². The van der Waals surface area contributed by atoms with Gasteiger partial charge < -0.3 is 9.84 Å². The van der Waals surface area contributed by atoms with Crippen molar-refractivity contribution in [2.75, 3.05) is 19.6 Å². The molecule has 0 aromatic carbocycles. The maximum absolute atomic E-state index is 13.1. The Bertz CT molecular complexity index is 1020. The van der Waals surface area contributed by atoms with E-state index in [2.05, 4.69) is 15.6 Å². The van der Waals surface area contributed by atoms with Gasteiger partial charge in [0.15, 0.2) is 0 Å². The molecule has 170 valence electrons. The van der Waals surface area contributed by atoms with E-state index in [4.69, 9.17) is 4.52 Å². The molecule has 31 heavy (non-hydrogen) atoms. The largest absolute Gasteiger partial charge is 0.351 e. The molecule has 10 heteroatoms. The van der Waals surface area contributed by atoms with Gasteiger partial charge in [-0.1, -0.05) is 24.4 Å². The Morgan fingerprint density at radius 3 is 2.71 bits per heavy atom. The summed E-state index contributed by atoms with van der Waals surface area (Å²) >= 11 is 0. The number of carbonyl (C=O) groups excluding carboxylic acids is 1. The molecule has 1 atom stereocenters. The van der Waals surface area contributed by atoms with Crippen LogP contribution in [0.4, 0.5) is 0 Å². The fraction of sp³-hybridized carbons (Fsp3) is 0.667. The molecule has 0 bridgehead atoms. The minimum atomic E-state index is -3.63. The van der Waals surface area contributed by atoms with Crippen LogP contribution in [0.5, 0.6) is 0 Å². The molecule has 2 fully saturated rings. The average Bonchev–Trinajstić information content (AvgIpc) is 3.41. The Labute approximate surface area is 183 Å². The highest BCUT2D eigenvalue weighted by Gasteiger charge is 2.34. The molecule has 1 N–H and O–H groups in total. The number of nitrogens with one attached hydrogen (secondary N) is 1. The van der Waals surface area contributed by atoms with Crippen LogP contribution in [0, 0.1) is 12.8 Å². The van der Waals surface area contributed by atoms with Crippen molar-refractivity contribution < 1.29 is 17.7 Å². The normalized spacial score (nSPS) is 21.3. The van der Waals surface area contributed by atoms with Crippen LogP contribution in [0.1, 0.15) is 72.8 Å². The summed E-state index contributed by atoms with van der Waals surface area (Å²) in [6, 6.07) is 1.66. The number of carbonyl (C=O) groups is 1. The van der Waals surface area contributed by atoms with Gasteiger partial charge in [0.25, 0.3) is 5.91 Å². The van der Waals surface area contributed by atoms with Crippen LogP contribution >= 0.6 is 0 Å². The van der Waals surface area contributed by atoms with Gasteiger partial charge in [0, 0.05) is 38.7 Å². The molecule has 1 saturated heterocycles. The lowest BCUT2D eigenvalue weighted by molar-refractivity contribution is 0.0906. The van der Waals surface area contributed by atoms with E-state index in [9.17, 15) is 13.2 Å². The first-order valence-corrected chi connectivity index (χ1v) is 12.5. The molecule has 1 saturated carbocycles. The lowest BCUT2D eigenvalue weighted by Crippen LogP contribution is -2.39. The van der Waals surface area contributed by atoms with E-state index in [1.54, 1.807) is 24.7 Å². The minimum Gasteiger partial charge on any atom is -0.351 e. The van der Waals surface area contributed by atoms with E-state index in [1.807, 2.05) is 0 Å². The van der Waals surface area contributed by atoms with Crippen LogP contribution < -0.4 is 5.32 Å². The molecule has 9 nitrogen and oxygen atoms in total. The second-order valence-electron chi connectivity index (χ2n) is 8.75. The molecular formula is C21H31N5O4S. The molecule has 0 radical (unpaired) electrons. The van der Waals surface area contributed by atoms with Crippen LogP contribution in [0.3, 0.4) is 0 Å². The number of piperidine rings is 1. The van der Waals surface area contributed by atoms with Crippen molar-refractivity contribution in [2.45, 2.75) is 62.7 Å². The van der Waals surface area contributed by atoms with Crippen molar-refractivity contribution in [1.82, 2.24) is 24.6 Å². The lowest BCUT2D eigenvalue weighted by Gasteiger charge is -2.30. The van der Waals surface area contributed by atoms with E-state index < -0.39 is 10.0 Å². The van der Waals surface area contributed by atoms with Crippen molar-refractivity contribution in [2.24, 2.45) is 13.0 Å². The third-order valence-electron chi connectivity index (χ3n) is 6.64. The Morgan fingerprint density at radius 1 is 1.23 bits per heavy atom. The SMILES string of the molecule is Cc1c(S(=O)(=O)N2CCC[C@H](c3cc(C(=O)NCC4CCCCC4)on3)C2)cnn1C. The zero-order chi connectivity index (χ0) is 22.0. The molecule has 3 heterocycles. The molecule has 1 amide bonds. The second-order valence-corrected chi connectivity index (χ2v) is 10.7. The maximum Gasteiger partial charge on any atom is 0.289 e. The van der Waals surface area contributed by atoms with Crippen molar-refractivity contribution in [3.05, 3.63) is 29.4 Å². The van der Waals surface area contributed by atoms with Crippen molar-refractivity contribution >= 4 is 15.9 Å². The molecule has 2 aromatic heterocycles. The van der Waals surface area contributed by atoms with Crippen LogP contribution in [-0.4, -0.2) is 53.2 Å². The summed E-state index contributed by atoms with van der Waals surface area (Å²) in [5.74, 6) is 0.363. The zero-order valence-corrected chi connectivity index (χ0v) is 19.0. The van der Waals surface area contributed by atoms with Crippen molar-refractivity contribution in [1.29, 1.82) is 0 Å². The zero-order valence-electron chi connectivity index (χ0n) is 18.2. The Hall–Kier alpha value is -2.20. The predicted molar refractivity (Wildman–Crippen MR) is 114 cm³/mol. The predicted octanol–water partition coefficient (Wildman–Crippen LogP) is 2.59. The number of sulfonamides is 1. The maximum atomic E-state index is 13.1. The Morgan fingerprint density at radius 2 is 2.00 bits per heavy atom. The third-order valence-corrected chi connectivity index (χ3v) is 8.61. The van der Waals surface area contributed by atoms with Gasteiger partial charge in [-0.3, -0.25) is 9.48 Å². The molecule has 0 spiro atoms. The third kappa shape index (κ3) is 4.69. The van der Waals surface area contributed by atoms with Gasteiger partial charge in [-0.05, 0) is 38.5 Å². The van der Waals surface area contributed by atoms with Crippen LogP contribution in [0.2, 0.25) is 0 Å². The first-order chi connectivity index (χ1) is 14.9. The van der Waals surface area contributed by atoms with Gasteiger partial charge in [0.2, 0.25) is 15.8 Å². The molecule has 4 rings (SSSR count). The van der Waals surface area contributed by atoms with Gasteiger partial charge in [-0.2, -0.15) is 9.40 Å². The summed E-state index contributed by atoms with van der Waals surface area (Å²) in [4.78, 5) is 12.7. The lowest BCUT2D eigenvalue weighted by atomic mass is 9.89. The minimum absolute atomic E-state index is 0.107. The number of nitrogens with zero attached hydrogens (tertiary/aromatic N) is 4. The van der Waals surface area contributed by atoms with Gasteiger partial charge >= 0.3 is 0 Å². The monoisotopic (exact) mass is 449 g/mol. The highest BCUT2D eigenvalue weighted by atomic mass is 32.2. The highest BCUT2D eigenvalue weighted by molar-refractivity contribution is 7.89. The number of aryl methyl sites for hydroxylation is 1. The summed E-state index contributed by atoms with van der Waals surface area (Å²) in [6.07, 6.45) is 8.98. The molecule has 1 aliphatic carbocycles. The fourth-order valence-corrected chi connectivity index (χ4v) is 6.29. The summed E-state index contributed by atoms with van der Waals surface area (Å²) in [7, 11) is -1.91. The topological polar surface area (TPSA) is 110 Å². The Kier molecular flexibility index (Phi) is 6.47. The molecule has 2 aliphatic rings. The van der Waals surface area contributed by atoms with Gasteiger partial charge in [-0.25, -0.2) is 8.42 Å². The number of rotatable bonds is 6. The summed E-state index contributed by atoms with van der Waals surface area (Å²) in [5, 5.41) is 11.1. The number of aromatic nitrogens is 3. The quantitative estimate of drug-likeness (QED) is 0.726. The first-order valence-electron chi connectivity index (χ1n) is 11.1. The standard InChI is InChI=1S/C21H31N5O4S/c1-15-20(13-23-25(15)2)31(28,29)26-10-6-9-17(14-26)18-11-19(30-24-18)21(27)22-12-16-7-4-3-5-8-16/h11,13,16-17H,3-10,12,14H2,1-2H3,(H,22,27)/t17-/m0/s1. The van der Waals surface area contributed by atoms with Crippen molar-refractivity contribution in [3.63, 3.8) is 0 Å².